The number of esters is 6. The number of aldehydes is 1. The first-order valence-corrected chi connectivity index (χ1v) is 16.8. The van der Waals surface area contributed by atoms with Crippen molar-refractivity contribution in [2.45, 2.75) is 89.0 Å². The van der Waals surface area contributed by atoms with E-state index in [4.69, 9.17) is 18.9 Å². The van der Waals surface area contributed by atoms with Crippen LogP contribution in [0.4, 0.5) is 0 Å². The van der Waals surface area contributed by atoms with Gasteiger partial charge in [0.1, 0.15) is 35.8 Å². The van der Waals surface area contributed by atoms with Crippen LogP contribution in [0.2, 0.25) is 0 Å². The van der Waals surface area contributed by atoms with E-state index < -0.39 is 35.8 Å². The molecule has 17 heteroatoms. The van der Waals surface area contributed by atoms with Gasteiger partial charge < -0.3 is 38.4 Å². The van der Waals surface area contributed by atoms with E-state index in [9.17, 15) is 43.2 Å². The maximum atomic E-state index is 11.7. The molecule has 2 aromatic heterocycles. The number of carbonyl (C=O) groups is 9. The van der Waals surface area contributed by atoms with E-state index in [-0.39, 0.29) is 54.6 Å². The van der Waals surface area contributed by atoms with Crippen molar-refractivity contribution in [2.24, 2.45) is 0 Å². The Labute approximate surface area is 308 Å². The lowest BCUT2D eigenvalue weighted by atomic mass is 10.1. The largest absolute Gasteiger partial charge is 0.466 e. The molecular formula is C36H52N2O15. The van der Waals surface area contributed by atoms with Crippen molar-refractivity contribution < 1.29 is 71.6 Å². The van der Waals surface area contributed by atoms with Gasteiger partial charge >= 0.3 is 35.8 Å². The molecule has 2 rings (SSSR count). The molecule has 0 aliphatic carbocycles. The molecule has 0 atom stereocenters. The molecule has 2 heterocycles. The van der Waals surface area contributed by atoms with Gasteiger partial charge in [-0.2, -0.15) is 0 Å². The number of hydrogen-bond acceptors (Lipinski definition) is 15. The van der Waals surface area contributed by atoms with E-state index >= 15 is 0 Å². The molecular weight excluding hydrogens is 700 g/mol. The minimum Gasteiger partial charge on any atom is -0.466 e. The predicted molar refractivity (Wildman–Crippen MR) is 189 cm³/mol. The van der Waals surface area contributed by atoms with Gasteiger partial charge in [0.25, 0.3) is 0 Å². The van der Waals surface area contributed by atoms with Crippen molar-refractivity contribution >= 4 is 53.7 Å². The summed E-state index contributed by atoms with van der Waals surface area (Å²) in [5, 5.41) is 0. The second-order valence-corrected chi connectivity index (χ2v) is 10.4. The predicted octanol–water partition coefficient (Wildman–Crippen LogP) is 4.53. The quantitative estimate of drug-likeness (QED) is 0.110. The van der Waals surface area contributed by atoms with E-state index in [0.717, 1.165) is 0 Å². The third-order valence-corrected chi connectivity index (χ3v) is 6.15. The van der Waals surface area contributed by atoms with Gasteiger partial charge in [-0.25, -0.2) is 19.2 Å². The lowest BCUT2D eigenvalue weighted by Gasteiger charge is -2.02. The van der Waals surface area contributed by atoms with Gasteiger partial charge in [0.05, 0.1) is 56.5 Å². The Hall–Kier alpha value is -5.61. The van der Waals surface area contributed by atoms with Crippen LogP contribution < -0.4 is 0 Å². The molecule has 0 bridgehead atoms. The van der Waals surface area contributed by atoms with Crippen molar-refractivity contribution in [1.29, 1.82) is 0 Å². The number of nitrogens with one attached hydrogen (secondary N) is 2. The smallest absolute Gasteiger partial charge is 0.355 e. The highest BCUT2D eigenvalue weighted by molar-refractivity contribution is 6.03. The van der Waals surface area contributed by atoms with Crippen molar-refractivity contribution in [2.75, 3.05) is 39.6 Å². The molecule has 2 N–H and O–H groups in total. The average Bonchev–Trinajstić information content (AvgIpc) is 3.56. The lowest BCUT2D eigenvalue weighted by Crippen LogP contribution is -2.09. The number of carbonyl (C=O) groups excluding carboxylic acids is 9. The summed E-state index contributed by atoms with van der Waals surface area (Å²) >= 11 is 0. The molecule has 0 saturated carbocycles. The van der Waals surface area contributed by atoms with Crippen LogP contribution in [0.25, 0.3) is 0 Å². The monoisotopic (exact) mass is 752 g/mol. The van der Waals surface area contributed by atoms with Crippen molar-refractivity contribution in [1.82, 2.24) is 9.97 Å². The highest BCUT2D eigenvalue weighted by Gasteiger charge is 2.25. The number of ketones is 2. The van der Waals surface area contributed by atoms with Crippen LogP contribution in [-0.2, 0) is 47.6 Å². The van der Waals surface area contributed by atoms with Gasteiger partial charge in [0.2, 0.25) is 0 Å². The molecule has 0 radical (unpaired) electrons. The SMILES string of the molecule is CCOC(=O)CC(C)=O.CCOC(=O)CC(C)=O.CCOC(=O)c1[nH]c(C)c(C(=O)OCC)c1C.CCOC(=O)c1[nH]c(C=O)c(C(=O)OCC)c1C. The zero-order valence-electron chi connectivity index (χ0n) is 32.4. The number of aromatic amines is 2. The number of aromatic nitrogens is 2. The van der Waals surface area contributed by atoms with Gasteiger partial charge in [0.15, 0.2) is 6.29 Å². The summed E-state index contributed by atoms with van der Waals surface area (Å²) in [6, 6.07) is 0. The summed E-state index contributed by atoms with van der Waals surface area (Å²) in [4.78, 5) is 104. The molecule has 0 aromatic carbocycles. The first kappa shape index (κ1) is 49.5. The number of hydrogen-bond donors (Lipinski definition) is 2. The summed E-state index contributed by atoms with van der Waals surface area (Å²) in [6.07, 6.45) is 0.268. The van der Waals surface area contributed by atoms with Crippen LogP contribution >= 0.6 is 0 Å². The van der Waals surface area contributed by atoms with Crippen molar-refractivity contribution in [3.05, 3.63) is 45.0 Å². The molecule has 53 heavy (non-hydrogen) atoms. The molecule has 2 aromatic rings. The molecule has 0 aliphatic rings. The Bertz CT molecular complexity index is 1540. The van der Waals surface area contributed by atoms with Gasteiger partial charge in [-0.3, -0.25) is 24.0 Å². The standard InChI is InChI=1S/C12H15NO5.C12H17NO4.2C6H10O3/c1-4-17-11(15)9-7(3)10(12(16)18-5-2)13-8(9)6-14;1-5-16-11(14)9-7(3)10(13-8(9)4)12(15)17-6-2;2*1-3-9-6(8)4-5(2)7/h6,13H,4-5H2,1-3H3;13H,5-6H2,1-4H3;2*3-4H2,1-2H3. The number of Topliss-reactive ketones (excluding diaryl/α,β-unsaturated/α-hetero) is 2. The molecule has 0 spiro atoms. The van der Waals surface area contributed by atoms with Gasteiger partial charge in [-0.15, -0.1) is 0 Å². The summed E-state index contributed by atoms with van der Waals surface area (Å²) in [7, 11) is 0. The van der Waals surface area contributed by atoms with Gasteiger partial charge in [-0.05, 0) is 87.3 Å². The van der Waals surface area contributed by atoms with E-state index in [2.05, 4.69) is 19.4 Å². The summed E-state index contributed by atoms with van der Waals surface area (Å²) in [5.74, 6) is -3.31. The van der Waals surface area contributed by atoms with Crippen LogP contribution in [0.1, 0.15) is 137 Å². The Morgan fingerprint density at radius 2 is 0.811 bits per heavy atom. The van der Waals surface area contributed by atoms with Crippen LogP contribution in [0.5, 0.6) is 0 Å². The molecule has 0 amide bonds. The molecule has 0 saturated heterocycles. The third kappa shape index (κ3) is 18.4. The van der Waals surface area contributed by atoms with E-state index in [1.807, 2.05) is 0 Å². The molecule has 0 fully saturated rings. The van der Waals surface area contributed by atoms with Crippen LogP contribution in [0.3, 0.4) is 0 Å². The van der Waals surface area contributed by atoms with E-state index in [0.29, 0.717) is 60.8 Å². The fourth-order valence-electron chi connectivity index (χ4n) is 4.08. The zero-order chi connectivity index (χ0) is 41.3. The topological polar surface area (TPSA) is 241 Å². The third-order valence-electron chi connectivity index (χ3n) is 6.15. The van der Waals surface area contributed by atoms with Crippen LogP contribution in [0, 0.1) is 20.8 Å². The van der Waals surface area contributed by atoms with Gasteiger partial charge in [-0.1, -0.05) is 0 Å². The first-order chi connectivity index (χ1) is 24.9. The second kappa shape index (κ2) is 27.1. The Balaban J connectivity index is 0. The fraction of sp³-hybridized carbons (Fsp3) is 0.528. The highest BCUT2D eigenvalue weighted by Crippen LogP contribution is 2.20. The Morgan fingerprint density at radius 3 is 1.15 bits per heavy atom. The summed E-state index contributed by atoms with van der Waals surface area (Å²) < 4.78 is 28.5. The molecule has 17 nitrogen and oxygen atoms in total. The van der Waals surface area contributed by atoms with Crippen molar-refractivity contribution in [3.63, 3.8) is 0 Å². The number of H-pyrrole nitrogens is 2. The van der Waals surface area contributed by atoms with Gasteiger partial charge in [0, 0.05) is 5.69 Å². The van der Waals surface area contributed by atoms with Crippen LogP contribution in [0.15, 0.2) is 0 Å². The zero-order valence-corrected chi connectivity index (χ0v) is 32.4. The molecule has 0 aliphatic heterocycles. The van der Waals surface area contributed by atoms with Crippen LogP contribution in [-0.4, -0.2) is 103 Å². The number of aryl methyl sites for hydroxylation is 1. The lowest BCUT2D eigenvalue weighted by molar-refractivity contribution is -0.146. The number of rotatable bonds is 15. The fourth-order valence-corrected chi connectivity index (χ4v) is 4.08. The average molecular weight is 753 g/mol. The maximum Gasteiger partial charge on any atom is 0.355 e. The van der Waals surface area contributed by atoms with E-state index in [1.54, 1.807) is 62.3 Å². The minimum absolute atomic E-state index is 0.0222. The molecule has 0 unspecified atom stereocenters. The molecule has 296 valence electrons. The maximum absolute atomic E-state index is 11.7. The minimum atomic E-state index is -0.635. The Kier molecular flexibility index (Phi) is 25.3. The highest BCUT2D eigenvalue weighted by atomic mass is 16.6. The summed E-state index contributed by atoms with van der Waals surface area (Å²) in [5.41, 5.74) is 2.46. The summed E-state index contributed by atoms with van der Waals surface area (Å²) in [6.45, 7) is 19.6. The van der Waals surface area contributed by atoms with E-state index in [1.165, 1.54) is 13.8 Å². The Morgan fingerprint density at radius 1 is 0.491 bits per heavy atom. The normalized spacial score (nSPS) is 9.57. The van der Waals surface area contributed by atoms with Crippen molar-refractivity contribution in [3.8, 4) is 0 Å². The number of ether oxygens (including phenoxy) is 6. The first-order valence-electron chi connectivity index (χ1n) is 16.8. The second-order valence-electron chi connectivity index (χ2n) is 10.4.